The van der Waals surface area contributed by atoms with Crippen LogP contribution < -0.4 is 15.8 Å². The molecule has 20 heavy (non-hydrogen) atoms. The van der Waals surface area contributed by atoms with E-state index in [-0.39, 0.29) is 4.90 Å². The lowest BCUT2D eigenvalue weighted by atomic mass is 10.2. The van der Waals surface area contributed by atoms with Crippen LogP contribution >= 0.6 is 0 Å². The number of nitrogens with one attached hydrogen (secondary N) is 2. The highest BCUT2D eigenvalue weighted by atomic mass is 32.2. The number of benzene rings is 1. The van der Waals surface area contributed by atoms with E-state index < -0.39 is 10.0 Å². The Labute approximate surface area is 121 Å². The van der Waals surface area contributed by atoms with E-state index in [9.17, 15) is 8.42 Å². The summed E-state index contributed by atoms with van der Waals surface area (Å²) in [5, 5.41) is 3.17. The van der Waals surface area contributed by atoms with E-state index in [2.05, 4.69) is 21.9 Å². The Bertz CT molecular complexity index is 531. The van der Waals surface area contributed by atoms with Gasteiger partial charge in [0.2, 0.25) is 10.0 Å². The minimum atomic E-state index is -3.45. The van der Waals surface area contributed by atoms with Crippen LogP contribution in [0.3, 0.4) is 0 Å². The number of nitrogens with two attached hydrogens (primary N) is 1. The number of sulfonamides is 1. The molecule has 0 fully saturated rings. The van der Waals surface area contributed by atoms with Gasteiger partial charge in [0.25, 0.3) is 0 Å². The molecule has 0 heterocycles. The molecule has 0 saturated heterocycles. The van der Waals surface area contributed by atoms with E-state index >= 15 is 0 Å². The van der Waals surface area contributed by atoms with E-state index in [1.165, 1.54) is 6.07 Å². The molecule has 0 unspecified atom stereocenters. The van der Waals surface area contributed by atoms with Crippen molar-refractivity contribution in [3.8, 4) is 0 Å². The molecule has 1 aromatic carbocycles. The van der Waals surface area contributed by atoms with Crippen molar-refractivity contribution in [1.29, 1.82) is 0 Å². The molecule has 7 heteroatoms. The Balaban J connectivity index is 2.82. The van der Waals surface area contributed by atoms with Gasteiger partial charge in [0, 0.05) is 19.6 Å². The van der Waals surface area contributed by atoms with Crippen molar-refractivity contribution in [2.24, 2.45) is 0 Å². The first-order valence-corrected chi connectivity index (χ1v) is 8.20. The Morgan fingerprint density at radius 2 is 2.00 bits per heavy atom. The van der Waals surface area contributed by atoms with Gasteiger partial charge in [-0.25, -0.2) is 13.1 Å². The number of rotatable bonds is 8. The quantitative estimate of drug-likeness (QED) is 0.622. The van der Waals surface area contributed by atoms with E-state index in [0.29, 0.717) is 24.5 Å². The van der Waals surface area contributed by atoms with Gasteiger partial charge >= 0.3 is 0 Å². The van der Waals surface area contributed by atoms with Crippen LogP contribution in [0.1, 0.15) is 13.8 Å². The SMILES string of the molecule is CCNS(=O)(=O)c1ccc(N)c(NCCN(C)CC)c1. The van der Waals surface area contributed by atoms with Gasteiger partial charge < -0.3 is 16.0 Å². The van der Waals surface area contributed by atoms with Crippen molar-refractivity contribution < 1.29 is 8.42 Å². The van der Waals surface area contributed by atoms with Crippen LogP contribution in [0.25, 0.3) is 0 Å². The molecule has 0 radical (unpaired) electrons. The summed E-state index contributed by atoms with van der Waals surface area (Å²) in [7, 11) is -1.43. The van der Waals surface area contributed by atoms with Gasteiger partial charge in [0.15, 0.2) is 0 Å². The number of hydrogen-bond donors (Lipinski definition) is 3. The van der Waals surface area contributed by atoms with Gasteiger partial charge in [0.05, 0.1) is 16.3 Å². The molecule has 1 rings (SSSR count). The first kappa shape index (κ1) is 16.7. The van der Waals surface area contributed by atoms with Crippen molar-refractivity contribution in [2.45, 2.75) is 18.7 Å². The van der Waals surface area contributed by atoms with Gasteiger partial charge in [-0.05, 0) is 31.8 Å². The highest BCUT2D eigenvalue weighted by Gasteiger charge is 2.14. The summed E-state index contributed by atoms with van der Waals surface area (Å²) in [6, 6.07) is 4.69. The first-order valence-electron chi connectivity index (χ1n) is 6.72. The lowest BCUT2D eigenvalue weighted by Crippen LogP contribution is -2.25. The highest BCUT2D eigenvalue weighted by Crippen LogP contribution is 2.22. The van der Waals surface area contributed by atoms with Crippen molar-refractivity contribution in [2.75, 3.05) is 44.3 Å². The van der Waals surface area contributed by atoms with Crippen LogP contribution in [-0.4, -0.2) is 46.5 Å². The minimum absolute atomic E-state index is 0.222. The van der Waals surface area contributed by atoms with E-state index in [1.54, 1.807) is 19.1 Å². The second kappa shape index (κ2) is 7.47. The van der Waals surface area contributed by atoms with Crippen LogP contribution in [0.15, 0.2) is 23.1 Å². The molecule has 0 aromatic heterocycles. The monoisotopic (exact) mass is 300 g/mol. The summed E-state index contributed by atoms with van der Waals surface area (Å²) in [5.41, 5.74) is 7.05. The second-order valence-corrected chi connectivity index (χ2v) is 6.34. The molecule has 0 amide bonds. The van der Waals surface area contributed by atoms with Crippen LogP contribution in [-0.2, 0) is 10.0 Å². The standard InChI is InChI=1S/C13H24N4O2S/c1-4-16-20(18,19)11-6-7-12(14)13(10-11)15-8-9-17(3)5-2/h6-7,10,15-16H,4-5,8-9,14H2,1-3H3. The summed E-state index contributed by atoms with van der Waals surface area (Å²) < 4.78 is 26.3. The highest BCUT2D eigenvalue weighted by molar-refractivity contribution is 7.89. The molecule has 1 aromatic rings. The zero-order valence-electron chi connectivity index (χ0n) is 12.3. The molecular formula is C13H24N4O2S. The first-order chi connectivity index (χ1) is 9.40. The van der Waals surface area contributed by atoms with Crippen molar-refractivity contribution in [1.82, 2.24) is 9.62 Å². The molecule has 0 atom stereocenters. The number of nitrogens with zero attached hydrogens (tertiary/aromatic N) is 1. The average molecular weight is 300 g/mol. The van der Waals surface area contributed by atoms with Gasteiger partial charge in [-0.15, -0.1) is 0 Å². The molecule has 4 N–H and O–H groups in total. The van der Waals surface area contributed by atoms with Crippen LogP contribution in [0, 0.1) is 0 Å². The fourth-order valence-electron chi connectivity index (χ4n) is 1.67. The minimum Gasteiger partial charge on any atom is -0.397 e. The van der Waals surface area contributed by atoms with E-state index in [0.717, 1.165) is 13.1 Å². The molecule has 0 aliphatic carbocycles. The second-order valence-electron chi connectivity index (χ2n) is 4.57. The molecule has 0 aliphatic rings. The molecule has 114 valence electrons. The molecule has 0 bridgehead atoms. The van der Waals surface area contributed by atoms with Crippen molar-refractivity contribution >= 4 is 21.4 Å². The van der Waals surface area contributed by atoms with Gasteiger partial charge in [-0.2, -0.15) is 0 Å². The molecule has 0 saturated carbocycles. The van der Waals surface area contributed by atoms with Crippen molar-refractivity contribution in [3.05, 3.63) is 18.2 Å². The zero-order valence-corrected chi connectivity index (χ0v) is 13.1. The lowest BCUT2D eigenvalue weighted by molar-refractivity contribution is 0.367. The Morgan fingerprint density at radius 1 is 1.30 bits per heavy atom. The van der Waals surface area contributed by atoms with Crippen LogP contribution in [0.5, 0.6) is 0 Å². The zero-order chi connectivity index (χ0) is 15.2. The average Bonchev–Trinajstić information content (AvgIpc) is 2.40. The maximum Gasteiger partial charge on any atom is 0.240 e. The summed E-state index contributed by atoms with van der Waals surface area (Å²) in [6.45, 7) is 6.72. The number of anilines is 2. The third kappa shape index (κ3) is 4.66. The largest absolute Gasteiger partial charge is 0.397 e. The van der Waals surface area contributed by atoms with Gasteiger partial charge in [0.1, 0.15) is 0 Å². The molecule has 6 nitrogen and oxygen atoms in total. The summed E-state index contributed by atoms with van der Waals surface area (Å²) in [6.07, 6.45) is 0. The van der Waals surface area contributed by atoms with E-state index in [1.807, 2.05) is 7.05 Å². The Kier molecular flexibility index (Phi) is 6.25. The molecule has 0 spiro atoms. The van der Waals surface area contributed by atoms with Gasteiger partial charge in [-0.1, -0.05) is 13.8 Å². The maximum absolute atomic E-state index is 11.9. The lowest BCUT2D eigenvalue weighted by Gasteiger charge is -2.16. The third-order valence-corrected chi connectivity index (χ3v) is 4.56. The van der Waals surface area contributed by atoms with Crippen LogP contribution in [0.4, 0.5) is 11.4 Å². The normalized spacial score (nSPS) is 11.8. The molecule has 0 aliphatic heterocycles. The van der Waals surface area contributed by atoms with Gasteiger partial charge in [-0.3, -0.25) is 0 Å². The number of likely N-dealkylation sites (N-methyl/N-ethyl adjacent to an activating group) is 1. The fourth-order valence-corrected chi connectivity index (χ4v) is 2.74. The Morgan fingerprint density at radius 3 is 2.60 bits per heavy atom. The maximum atomic E-state index is 11.9. The topological polar surface area (TPSA) is 87.5 Å². The summed E-state index contributed by atoms with van der Waals surface area (Å²) in [5.74, 6) is 0. The third-order valence-electron chi connectivity index (χ3n) is 3.02. The predicted molar refractivity (Wildman–Crippen MR) is 83.4 cm³/mol. The molecular weight excluding hydrogens is 276 g/mol. The number of hydrogen-bond acceptors (Lipinski definition) is 5. The van der Waals surface area contributed by atoms with Crippen molar-refractivity contribution in [3.63, 3.8) is 0 Å². The number of nitrogen functional groups attached to an aromatic ring is 1. The summed E-state index contributed by atoms with van der Waals surface area (Å²) >= 11 is 0. The van der Waals surface area contributed by atoms with E-state index in [4.69, 9.17) is 5.73 Å². The van der Waals surface area contributed by atoms with Crippen LogP contribution in [0.2, 0.25) is 0 Å². The summed E-state index contributed by atoms with van der Waals surface area (Å²) in [4.78, 5) is 2.38. The Hall–Kier alpha value is -1.31. The predicted octanol–water partition coefficient (Wildman–Crippen LogP) is 0.931. The smallest absolute Gasteiger partial charge is 0.240 e. The fraction of sp³-hybridized carbons (Fsp3) is 0.538.